The molecule has 0 saturated carbocycles. The van der Waals surface area contributed by atoms with E-state index in [1.54, 1.807) is 29.4 Å². The molecule has 26 heavy (non-hydrogen) atoms. The zero-order valence-corrected chi connectivity index (χ0v) is 15.2. The molecule has 5 heteroatoms. The van der Waals surface area contributed by atoms with Crippen LogP contribution in [0.1, 0.15) is 34.8 Å². The molecule has 1 fully saturated rings. The van der Waals surface area contributed by atoms with E-state index in [0.717, 1.165) is 12.8 Å². The zero-order valence-electron chi connectivity index (χ0n) is 15.2. The molecule has 0 aliphatic carbocycles. The van der Waals surface area contributed by atoms with E-state index in [1.807, 2.05) is 4.90 Å². The molecule has 1 aromatic carbocycles. The van der Waals surface area contributed by atoms with Gasteiger partial charge < -0.3 is 9.80 Å². The van der Waals surface area contributed by atoms with Gasteiger partial charge in [0, 0.05) is 45.0 Å². The highest BCUT2D eigenvalue weighted by molar-refractivity contribution is 5.94. The van der Waals surface area contributed by atoms with Crippen molar-refractivity contribution in [1.82, 2.24) is 14.8 Å². The minimum absolute atomic E-state index is 0.0128. The average molecular weight is 351 g/mol. The van der Waals surface area contributed by atoms with Gasteiger partial charge in [-0.25, -0.2) is 0 Å². The van der Waals surface area contributed by atoms with Crippen molar-refractivity contribution in [2.75, 3.05) is 26.2 Å². The molecule has 1 aliphatic rings. The predicted octanol–water partition coefficient (Wildman–Crippen LogP) is 2.56. The van der Waals surface area contributed by atoms with Crippen LogP contribution in [-0.4, -0.2) is 52.8 Å². The molecule has 2 heterocycles. The van der Waals surface area contributed by atoms with Crippen LogP contribution in [0.5, 0.6) is 0 Å². The first-order valence-electron chi connectivity index (χ1n) is 9.22. The first-order chi connectivity index (χ1) is 12.7. The molecular formula is C21H25N3O2. The molecule has 0 radical (unpaired) electrons. The Morgan fingerprint density at radius 2 is 1.62 bits per heavy atom. The van der Waals surface area contributed by atoms with Crippen molar-refractivity contribution in [2.45, 2.75) is 26.2 Å². The number of nitrogens with zero attached hydrogens (tertiary/aromatic N) is 3. The molecule has 0 atom stereocenters. The molecule has 5 nitrogen and oxygen atoms in total. The van der Waals surface area contributed by atoms with Crippen LogP contribution in [0.4, 0.5) is 0 Å². The Balaban J connectivity index is 1.46. The van der Waals surface area contributed by atoms with Gasteiger partial charge in [0.1, 0.15) is 0 Å². The van der Waals surface area contributed by atoms with Crippen LogP contribution in [0.2, 0.25) is 0 Å². The minimum atomic E-state index is -0.0128. The fraction of sp³-hybridized carbons (Fsp3) is 0.381. The summed E-state index contributed by atoms with van der Waals surface area (Å²) in [5.41, 5.74) is 3.11. The third-order valence-corrected chi connectivity index (χ3v) is 4.89. The number of aromatic nitrogens is 1. The number of aryl methyl sites for hydroxylation is 2. The van der Waals surface area contributed by atoms with Gasteiger partial charge in [-0.3, -0.25) is 14.6 Å². The molecule has 3 rings (SSSR count). The van der Waals surface area contributed by atoms with Gasteiger partial charge in [0.2, 0.25) is 5.91 Å². The van der Waals surface area contributed by atoms with Gasteiger partial charge in [0.15, 0.2) is 0 Å². The third kappa shape index (κ3) is 4.48. The highest BCUT2D eigenvalue weighted by Gasteiger charge is 2.24. The van der Waals surface area contributed by atoms with Gasteiger partial charge in [-0.1, -0.05) is 31.2 Å². The second kappa shape index (κ2) is 8.61. The number of amides is 2. The summed E-state index contributed by atoms with van der Waals surface area (Å²) < 4.78 is 0. The molecular weight excluding hydrogens is 326 g/mol. The number of piperazine rings is 1. The molecule has 0 N–H and O–H groups in total. The van der Waals surface area contributed by atoms with E-state index in [2.05, 4.69) is 36.2 Å². The van der Waals surface area contributed by atoms with Crippen molar-refractivity contribution in [3.63, 3.8) is 0 Å². The first kappa shape index (κ1) is 18.1. The largest absolute Gasteiger partial charge is 0.339 e. The molecule has 0 bridgehead atoms. The summed E-state index contributed by atoms with van der Waals surface area (Å²) in [7, 11) is 0. The minimum Gasteiger partial charge on any atom is -0.339 e. The Hall–Kier alpha value is -2.69. The molecule has 0 unspecified atom stereocenters. The van der Waals surface area contributed by atoms with E-state index in [4.69, 9.17) is 0 Å². The molecule has 2 aromatic rings. The van der Waals surface area contributed by atoms with E-state index >= 15 is 0 Å². The number of pyridine rings is 1. The van der Waals surface area contributed by atoms with Gasteiger partial charge in [-0.05, 0) is 36.1 Å². The van der Waals surface area contributed by atoms with Crippen molar-refractivity contribution in [2.24, 2.45) is 0 Å². The number of carbonyl (C=O) groups excluding carboxylic acids is 2. The van der Waals surface area contributed by atoms with Gasteiger partial charge in [0.05, 0.1) is 5.56 Å². The maximum absolute atomic E-state index is 12.5. The van der Waals surface area contributed by atoms with Crippen LogP contribution in [0.3, 0.4) is 0 Å². The number of hydrogen-bond acceptors (Lipinski definition) is 3. The standard InChI is InChI=1S/C21H25N3O2/c1-2-17-5-7-18(8-6-17)9-10-20(25)23-12-14-24(15-13-23)21(26)19-4-3-11-22-16-19/h3-8,11,16H,2,9-10,12-15H2,1H3. The number of rotatable bonds is 5. The quantitative estimate of drug-likeness (QED) is 0.832. The van der Waals surface area contributed by atoms with Crippen molar-refractivity contribution in [1.29, 1.82) is 0 Å². The van der Waals surface area contributed by atoms with E-state index in [1.165, 1.54) is 11.1 Å². The average Bonchev–Trinajstić information content (AvgIpc) is 2.72. The van der Waals surface area contributed by atoms with Crippen molar-refractivity contribution in [3.05, 3.63) is 65.5 Å². The van der Waals surface area contributed by atoms with Crippen LogP contribution < -0.4 is 0 Å². The smallest absolute Gasteiger partial charge is 0.255 e. The first-order valence-corrected chi connectivity index (χ1v) is 9.22. The SMILES string of the molecule is CCc1ccc(CCC(=O)N2CCN(C(=O)c3cccnc3)CC2)cc1. The third-order valence-electron chi connectivity index (χ3n) is 4.89. The molecule has 1 saturated heterocycles. The van der Waals surface area contributed by atoms with Crippen molar-refractivity contribution >= 4 is 11.8 Å². The second-order valence-electron chi connectivity index (χ2n) is 6.58. The molecule has 0 spiro atoms. The Labute approximate surface area is 154 Å². The fourth-order valence-electron chi connectivity index (χ4n) is 3.18. The molecule has 2 amide bonds. The van der Waals surface area contributed by atoms with E-state index in [9.17, 15) is 9.59 Å². The maximum atomic E-state index is 12.5. The van der Waals surface area contributed by atoms with E-state index in [-0.39, 0.29) is 11.8 Å². The Morgan fingerprint density at radius 1 is 0.962 bits per heavy atom. The van der Waals surface area contributed by atoms with Gasteiger partial charge in [-0.15, -0.1) is 0 Å². The highest BCUT2D eigenvalue weighted by Crippen LogP contribution is 2.11. The summed E-state index contributed by atoms with van der Waals surface area (Å²) in [6.07, 6.45) is 5.55. The lowest BCUT2D eigenvalue weighted by Gasteiger charge is -2.34. The lowest BCUT2D eigenvalue weighted by atomic mass is 10.1. The Bertz CT molecular complexity index is 736. The molecule has 136 valence electrons. The van der Waals surface area contributed by atoms with Crippen LogP contribution in [0.15, 0.2) is 48.8 Å². The maximum Gasteiger partial charge on any atom is 0.255 e. The van der Waals surface area contributed by atoms with Gasteiger partial charge >= 0.3 is 0 Å². The normalized spacial score (nSPS) is 14.3. The summed E-state index contributed by atoms with van der Waals surface area (Å²) in [6.45, 7) is 4.48. The number of carbonyl (C=O) groups is 2. The summed E-state index contributed by atoms with van der Waals surface area (Å²) >= 11 is 0. The molecule has 1 aromatic heterocycles. The summed E-state index contributed by atoms with van der Waals surface area (Å²) in [5, 5.41) is 0. The summed E-state index contributed by atoms with van der Waals surface area (Å²) in [4.78, 5) is 32.5. The zero-order chi connectivity index (χ0) is 18.4. The lowest BCUT2D eigenvalue weighted by molar-refractivity contribution is -0.132. The van der Waals surface area contributed by atoms with Crippen molar-refractivity contribution < 1.29 is 9.59 Å². The van der Waals surface area contributed by atoms with Crippen molar-refractivity contribution in [3.8, 4) is 0 Å². The topological polar surface area (TPSA) is 53.5 Å². The Kier molecular flexibility index (Phi) is 6.00. The van der Waals surface area contributed by atoms with Crippen LogP contribution in [-0.2, 0) is 17.6 Å². The highest BCUT2D eigenvalue weighted by atomic mass is 16.2. The summed E-state index contributed by atoms with van der Waals surface area (Å²) in [6, 6.07) is 12.0. The number of benzene rings is 1. The predicted molar refractivity (Wildman–Crippen MR) is 101 cm³/mol. The van der Waals surface area contributed by atoms with E-state index in [0.29, 0.717) is 38.2 Å². The fourth-order valence-corrected chi connectivity index (χ4v) is 3.18. The van der Waals surface area contributed by atoms with E-state index < -0.39 is 0 Å². The Morgan fingerprint density at radius 3 is 2.23 bits per heavy atom. The van der Waals surface area contributed by atoms with Gasteiger partial charge in [0.25, 0.3) is 5.91 Å². The van der Waals surface area contributed by atoms with Crippen LogP contribution >= 0.6 is 0 Å². The van der Waals surface area contributed by atoms with Gasteiger partial charge in [-0.2, -0.15) is 0 Å². The lowest BCUT2D eigenvalue weighted by Crippen LogP contribution is -2.50. The monoisotopic (exact) mass is 351 g/mol. The van der Waals surface area contributed by atoms with Crippen LogP contribution in [0.25, 0.3) is 0 Å². The second-order valence-corrected chi connectivity index (χ2v) is 6.58. The summed E-state index contributed by atoms with van der Waals surface area (Å²) in [5.74, 6) is 0.152. The number of hydrogen-bond donors (Lipinski definition) is 0. The van der Waals surface area contributed by atoms with Crippen LogP contribution in [0, 0.1) is 0 Å². The molecule has 1 aliphatic heterocycles.